The number of hydrogen-bond donors (Lipinski definition) is 5. The summed E-state index contributed by atoms with van der Waals surface area (Å²) in [6.07, 6.45) is 9.12. The Morgan fingerprint density at radius 3 is 2.35 bits per heavy atom. The minimum atomic E-state index is -1.65. The van der Waals surface area contributed by atoms with Gasteiger partial charge in [-0.05, 0) is 72.8 Å². The molecule has 0 saturated heterocycles. The van der Waals surface area contributed by atoms with E-state index in [2.05, 4.69) is 19.2 Å². The normalized spacial score (nSPS) is 40.2. The third-order valence-corrected chi connectivity index (χ3v) is 14.9. The molecule has 2 saturated carbocycles. The molecule has 11 atom stereocenters. The number of carbonyl (C=O) groups excluding carboxylic acids is 2. The lowest BCUT2D eigenvalue weighted by Crippen LogP contribution is -2.69. The van der Waals surface area contributed by atoms with E-state index in [1.54, 1.807) is 12.2 Å². The van der Waals surface area contributed by atoms with Gasteiger partial charge in [0.2, 0.25) is 0 Å². The highest BCUT2D eigenvalue weighted by molar-refractivity contribution is 6.02. The van der Waals surface area contributed by atoms with Crippen LogP contribution in [0.25, 0.3) is 6.08 Å². The first-order valence-electron chi connectivity index (χ1n) is 18.8. The minimum absolute atomic E-state index is 0.0475. The number of carboxylic acids is 1. The second-order valence-corrected chi connectivity index (χ2v) is 17.6. The van der Waals surface area contributed by atoms with Crippen molar-refractivity contribution in [3.8, 4) is 0 Å². The van der Waals surface area contributed by atoms with E-state index in [0.717, 1.165) is 5.56 Å². The van der Waals surface area contributed by atoms with Gasteiger partial charge < -0.3 is 25.7 Å². The Bertz CT molecular complexity index is 1740. The Balaban J connectivity index is 1.56. The van der Waals surface area contributed by atoms with E-state index < -0.39 is 56.8 Å². The fourth-order valence-corrected chi connectivity index (χ4v) is 12.0. The number of aliphatic hydroxyl groups is 3. The number of rotatable bonds is 10. The van der Waals surface area contributed by atoms with Gasteiger partial charge in [0.1, 0.15) is 11.4 Å². The Morgan fingerprint density at radius 2 is 1.73 bits per heavy atom. The van der Waals surface area contributed by atoms with Crippen molar-refractivity contribution in [3.63, 3.8) is 0 Å². The maximum atomic E-state index is 15.0. The van der Waals surface area contributed by atoms with E-state index in [-0.39, 0.29) is 41.3 Å². The van der Waals surface area contributed by atoms with Crippen molar-refractivity contribution in [1.82, 2.24) is 5.32 Å². The third-order valence-electron chi connectivity index (χ3n) is 14.9. The van der Waals surface area contributed by atoms with Gasteiger partial charge in [0.05, 0.1) is 11.7 Å². The molecule has 1 aromatic carbocycles. The van der Waals surface area contributed by atoms with Crippen molar-refractivity contribution in [2.75, 3.05) is 13.1 Å². The monoisotopic (exact) mass is 699 g/mol. The number of carboxylic acid groups (broad SMARTS) is 1. The van der Waals surface area contributed by atoms with Crippen molar-refractivity contribution in [3.05, 3.63) is 76.9 Å². The molecule has 8 nitrogen and oxygen atoms in total. The highest BCUT2D eigenvalue weighted by Crippen LogP contribution is 2.78. The van der Waals surface area contributed by atoms with Crippen LogP contribution in [0.15, 0.2) is 71.4 Å². The van der Waals surface area contributed by atoms with Gasteiger partial charge in [0.25, 0.3) is 0 Å². The van der Waals surface area contributed by atoms with Crippen molar-refractivity contribution in [2.24, 2.45) is 51.2 Å². The molecule has 0 unspecified atom stereocenters. The molecule has 5 N–H and O–H groups in total. The van der Waals surface area contributed by atoms with Gasteiger partial charge >= 0.3 is 5.97 Å². The van der Waals surface area contributed by atoms with E-state index in [4.69, 9.17) is 0 Å². The number of aliphatic carboxylic acids is 1. The highest BCUT2D eigenvalue weighted by atomic mass is 16.4. The molecule has 0 radical (unpaired) electrons. The first-order valence-corrected chi connectivity index (χ1v) is 18.8. The Morgan fingerprint density at radius 1 is 1.06 bits per heavy atom. The van der Waals surface area contributed by atoms with Crippen molar-refractivity contribution in [2.45, 2.75) is 98.4 Å². The van der Waals surface area contributed by atoms with E-state index in [0.29, 0.717) is 43.5 Å². The molecule has 51 heavy (non-hydrogen) atoms. The number of hydrogen-bond acceptors (Lipinski definition) is 7. The molecule has 5 aliphatic carbocycles. The lowest BCUT2D eigenvalue weighted by molar-refractivity contribution is -0.162. The quantitative estimate of drug-likeness (QED) is 0.149. The Labute approximate surface area is 302 Å². The molecule has 1 aromatic rings. The average molecular weight is 700 g/mol. The van der Waals surface area contributed by atoms with Crippen molar-refractivity contribution in [1.29, 1.82) is 0 Å². The summed E-state index contributed by atoms with van der Waals surface area (Å²) in [6.45, 7) is 16.7. The maximum absolute atomic E-state index is 15.0. The predicted octanol–water partition coefficient (Wildman–Crippen LogP) is 5.93. The number of benzene rings is 1. The van der Waals surface area contributed by atoms with Crippen LogP contribution in [0.3, 0.4) is 0 Å². The zero-order valence-electron chi connectivity index (χ0n) is 31.5. The summed E-state index contributed by atoms with van der Waals surface area (Å²) in [5, 5.41) is 50.8. The first kappa shape index (κ1) is 37.6. The summed E-state index contributed by atoms with van der Waals surface area (Å²) < 4.78 is 0. The Kier molecular flexibility index (Phi) is 9.19. The minimum Gasteiger partial charge on any atom is -0.478 e. The smallest absolute Gasteiger partial charge is 0.331 e. The largest absolute Gasteiger partial charge is 0.478 e. The molecule has 276 valence electrons. The molecule has 0 amide bonds. The van der Waals surface area contributed by atoms with Gasteiger partial charge in [0, 0.05) is 58.6 Å². The third kappa shape index (κ3) is 5.18. The van der Waals surface area contributed by atoms with Gasteiger partial charge in [0.15, 0.2) is 5.78 Å². The van der Waals surface area contributed by atoms with Crippen LogP contribution in [0, 0.1) is 51.2 Å². The second-order valence-electron chi connectivity index (χ2n) is 17.6. The van der Waals surface area contributed by atoms with Gasteiger partial charge in [-0.1, -0.05) is 97.0 Å². The fourth-order valence-electron chi connectivity index (χ4n) is 12.0. The summed E-state index contributed by atoms with van der Waals surface area (Å²) in [7, 11) is 0. The summed E-state index contributed by atoms with van der Waals surface area (Å²) in [4.78, 5) is 40.5. The molecular formula is C43H57NO7. The summed E-state index contributed by atoms with van der Waals surface area (Å²) in [5.74, 6) is -2.92. The number of carbonyl (C=O) groups is 3. The lowest BCUT2D eigenvalue weighted by atomic mass is 9.36. The lowest BCUT2D eigenvalue weighted by Gasteiger charge is -2.68. The molecule has 2 fully saturated rings. The predicted molar refractivity (Wildman–Crippen MR) is 197 cm³/mol. The van der Waals surface area contributed by atoms with E-state index in [1.807, 2.05) is 77.1 Å². The molecule has 0 spiro atoms. The molecule has 0 heterocycles. The number of Topliss-reactive ketones (excluding diaryl/α,β-unsaturated/α-hetero) is 2. The zero-order valence-corrected chi connectivity index (χ0v) is 31.5. The van der Waals surface area contributed by atoms with Crippen LogP contribution in [-0.2, 0) is 14.4 Å². The van der Waals surface area contributed by atoms with Crippen molar-refractivity contribution < 1.29 is 34.8 Å². The molecule has 8 heteroatoms. The maximum Gasteiger partial charge on any atom is 0.331 e. The van der Waals surface area contributed by atoms with Crippen LogP contribution in [0.4, 0.5) is 0 Å². The van der Waals surface area contributed by atoms with E-state index in [1.165, 1.54) is 13.0 Å². The number of nitrogens with one attached hydrogen (secondary N) is 1. The highest BCUT2D eigenvalue weighted by Gasteiger charge is 2.78. The van der Waals surface area contributed by atoms with Crippen LogP contribution in [0.1, 0.15) is 86.6 Å². The molecule has 5 aliphatic rings. The summed E-state index contributed by atoms with van der Waals surface area (Å²) >= 11 is 0. The first-order chi connectivity index (χ1) is 23.7. The van der Waals surface area contributed by atoms with E-state index >= 15 is 4.79 Å². The summed E-state index contributed by atoms with van der Waals surface area (Å²) in [5.41, 5.74) is -4.34. The molecule has 0 aromatic heterocycles. The molecule has 0 bridgehead atoms. The number of aliphatic hydroxyl groups excluding tert-OH is 1. The zero-order chi connectivity index (χ0) is 37.5. The molecule has 6 rings (SSSR count). The Hall–Kier alpha value is -3.17. The van der Waals surface area contributed by atoms with Gasteiger partial charge in [-0.15, -0.1) is 0 Å². The number of fused-ring (bicyclic) bond motifs is 2. The molecular weight excluding hydrogens is 642 g/mol. The number of ketones is 2. The van der Waals surface area contributed by atoms with Crippen LogP contribution in [-0.4, -0.2) is 68.4 Å². The van der Waals surface area contributed by atoms with Gasteiger partial charge in [-0.3, -0.25) is 9.59 Å². The van der Waals surface area contributed by atoms with Gasteiger partial charge in [-0.2, -0.15) is 0 Å². The van der Waals surface area contributed by atoms with Gasteiger partial charge in [-0.25, -0.2) is 4.79 Å². The van der Waals surface area contributed by atoms with Crippen molar-refractivity contribution >= 4 is 23.6 Å². The van der Waals surface area contributed by atoms with Crippen LogP contribution < -0.4 is 5.32 Å². The number of allylic oxidation sites excluding steroid dienone is 1. The van der Waals surface area contributed by atoms with Crippen LogP contribution in [0.2, 0.25) is 0 Å². The summed E-state index contributed by atoms with van der Waals surface area (Å²) in [6, 6.07) is 9.86. The second kappa shape index (κ2) is 12.5. The van der Waals surface area contributed by atoms with E-state index in [9.17, 15) is 30.0 Å². The molecule has 0 aliphatic heterocycles. The fraction of sp³-hybridized carbons (Fsp3) is 0.605. The van der Waals surface area contributed by atoms with Crippen LogP contribution in [0.5, 0.6) is 0 Å². The SMILES string of the molecule is CCNC[C@H]([C@@H](C)[C@H]1C[C@@]2(O)C=C[C@]3(O)C4=C(C(=O)C[C@@]1(C)[C@]42C)[C@@]1(C)CCC(=O)C(C)(C)[C@H]1[C@H]3/C=C/c1ccccc1)[C@H](O)/C=C(\C)C(=O)O. The van der Waals surface area contributed by atoms with Crippen LogP contribution >= 0.6 is 0 Å². The standard InChI is InChI=1S/C43H57NO7/c1-9-44-24-28(31(45)21-25(2)37(48)49)26(3)30-22-42(50)19-20-43(51)29(16-15-27-13-11-10-12-14-27)35-38(4,5)33(47)17-18-39(35,6)34-32(46)23-40(30,7)41(42,8)36(34)43/h10-16,19-21,26,28-31,35,44-45,50-51H,9,17-18,22-24H2,1-8H3,(H,48,49)/b16-15+,25-21+/t26-,28-,29-,30-,31-,35-,39-,40-,41+,42+,43-/m1/s1. The average Bonchev–Trinajstić information content (AvgIpc) is 3.25. The topological polar surface area (TPSA) is 144 Å².